The molecule has 1 aromatic heterocycles. The van der Waals surface area contributed by atoms with Gasteiger partial charge in [0, 0.05) is 32.3 Å². The first-order valence-corrected chi connectivity index (χ1v) is 11.4. The number of nitrogens with one attached hydrogen (secondary N) is 2. The first-order chi connectivity index (χ1) is 15.7. The Bertz CT molecular complexity index is 1100. The van der Waals surface area contributed by atoms with Crippen LogP contribution in [0.5, 0.6) is 5.75 Å². The highest BCUT2D eigenvalue weighted by molar-refractivity contribution is 7.45. The second-order valence-corrected chi connectivity index (χ2v) is 8.99. The number of ether oxygens (including phenoxy) is 1. The number of hydrogen-bond acceptors (Lipinski definition) is 7. The van der Waals surface area contributed by atoms with Gasteiger partial charge in [-0.2, -0.15) is 0 Å². The van der Waals surface area contributed by atoms with Gasteiger partial charge in [-0.05, 0) is 18.6 Å². The van der Waals surface area contributed by atoms with Crippen molar-refractivity contribution in [1.82, 2.24) is 19.5 Å². The predicted molar refractivity (Wildman–Crippen MR) is 114 cm³/mol. The number of likely N-dealkylation sites (tertiary alicyclic amines) is 1. The molecule has 2 aliphatic rings. The van der Waals surface area contributed by atoms with E-state index in [9.17, 15) is 23.2 Å². The lowest BCUT2D eigenvalue weighted by Gasteiger charge is -2.23. The molecule has 0 spiro atoms. The van der Waals surface area contributed by atoms with E-state index in [1.807, 2.05) is 11.1 Å². The topological polar surface area (TPSA) is 115 Å². The van der Waals surface area contributed by atoms with Crippen molar-refractivity contribution in [3.63, 3.8) is 0 Å². The van der Waals surface area contributed by atoms with Crippen LogP contribution in [-0.2, 0) is 14.1 Å². The Hall–Kier alpha value is -2.66. The SMILES string of the molecule is CN1CCC(NP(OCC2CC(F)(F)C(n3ccc(=O)[nH]c3=O)O2)Oc2ccccc2)C1=O. The van der Waals surface area contributed by atoms with Gasteiger partial charge in [0.1, 0.15) is 5.75 Å². The van der Waals surface area contributed by atoms with Crippen molar-refractivity contribution >= 4 is 14.4 Å². The molecule has 3 heterocycles. The lowest BCUT2D eigenvalue weighted by Crippen LogP contribution is -2.37. The van der Waals surface area contributed by atoms with Crippen molar-refractivity contribution in [2.45, 2.75) is 37.1 Å². The average molecular weight is 484 g/mol. The predicted octanol–water partition coefficient (Wildman–Crippen LogP) is 1.60. The molecular weight excluding hydrogens is 461 g/mol. The van der Waals surface area contributed by atoms with E-state index >= 15 is 0 Å². The zero-order chi connectivity index (χ0) is 23.6. The number of rotatable bonds is 8. The number of halogens is 2. The molecular formula is C20H23F2N4O6P. The summed E-state index contributed by atoms with van der Waals surface area (Å²) in [6.45, 7) is 0.324. The average Bonchev–Trinajstić information content (AvgIpc) is 3.25. The largest absolute Gasteiger partial charge is 0.436 e. The lowest BCUT2D eigenvalue weighted by molar-refractivity contribution is -0.128. The molecule has 4 atom stereocenters. The first-order valence-electron chi connectivity index (χ1n) is 10.2. The molecule has 0 aliphatic carbocycles. The van der Waals surface area contributed by atoms with Crippen LogP contribution in [0.1, 0.15) is 19.1 Å². The van der Waals surface area contributed by atoms with Gasteiger partial charge in [0.2, 0.25) is 12.1 Å². The molecule has 0 radical (unpaired) electrons. The van der Waals surface area contributed by atoms with E-state index in [0.717, 1.165) is 12.3 Å². The van der Waals surface area contributed by atoms with Gasteiger partial charge in [0.05, 0.1) is 18.8 Å². The van der Waals surface area contributed by atoms with Crippen molar-refractivity contribution in [1.29, 1.82) is 0 Å². The Morgan fingerprint density at radius 3 is 2.67 bits per heavy atom. The van der Waals surface area contributed by atoms with Crippen molar-refractivity contribution in [3.8, 4) is 5.75 Å². The molecule has 178 valence electrons. The van der Waals surface area contributed by atoms with Gasteiger partial charge in [0.25, 0.3) is 11.5 Å². The summed E-state index contributed by atoms with van der Waals surface area (Å²) < 4.78 is 46.8. The van der Waals surface area contributed by atoms with Crippen LogP contribution in [0, 0.1) is 0 Å². The number of likely N-dealkylation sites (N-methyl/N-ethyl adjacent to an activating group) is 1. The molecule has 2 fully saturated rings. The maximum Gasteiger partial charge on any atom is 0.330 e. The molecule has 33 heavy (non-hydrogen) atoms. The van der Waals surface area contributed by atoms with Crippen molar-refractivity contribution in [2.24, 2.45) is 0 Å². The lowest BCUT2D eigenvalue weighted by atomic mass is 10.2. The van der Waals surface area contributed by atoms with Crippen molar-refractivity contribution in [3.05, 3.63) is 63.4 Å². The summed E-state index contributed by atoms with van der Waals surface area (Å²) in [4.78, 5) is 39.0. The van der Waals surface area contributed by atoms with Crippen molar-refractivity contribution < 1.29 is 27.4 Å². The quantitative estimate of drug-likeness (QED) is 0.547. The standard InChI is InChI=1S/C20H23F2N4O6P/c1-25-9-7-15(17(25)28)24-33(32-13-5-3-2-4-6-13)30-12-14-11-20(21,22)18(31-14)26-10-8-16(27)23-19(26)29/h2-6,8,10,14-15,18,24H,7,9,11-12H2,1H3,(H,23,27,29). The Balaban J connectivity index is 1.43. The molecule has 2 aliphatic heterocycles. The molecule has 2 saturated heterocycles. The monoisotopic (exact) mass is 484 g/mol. The summed E-state index contributed by atoms with van der Waals surface area (Å²) in [6, 6.07) is 9.23. The number of H-pyrrole nitrogens is 1. The smallest absolute Gasteiger partial charge is 0.330 e. The molecule has 2 aromatic rings. The number of benzene rings is 1. The fourth-order valence-corrected chi connectivity index (χ4v) is 4.89. The summed E-state index contributed by atoms with van der Waals surface area (Å²) in [5, 5.41) is 3.04. The second kappa shape index (κ2) is 9.68. The van der Waals surface area contributed by atoms with Gasteiger partial charge in [-0.25, -0.2) is 18.7 Å². The number of alkyl halides is 2. The second-order valence-electron chi connectivity index (χ2n) is 7.78. The van der Waals surface area contributed by atoms with Crippen LogP contribution in [0.25, 0.3) is 0 Å². The number of carbonyl (C=O) groups excluding carboxylic acids is 1. The third kappa shape index (κ3) is 5.47. The third-order valence-electron chi connectivity index (χ3n) is 5.28. The van der Waals surface area contributed by atoms with E-state index in [4.69, 9.17) is 13.8 Å². The molecule has 10 nitrogen and oxygen atoms in total. The van der Waals surface area contributed by atoms with Gasteiger partial charge in [-0.1, -0.05) is 18.2 Å². The van der Waals surface area contributed by atoms with Crippen LogP contribution in [0.15, 0.2) is 52.2 Å². The van der Waals surface area contributed by atoms with E-state index in [1.165, 1.54) is 0 Å². The molecule has 2 N–H and O–H groups in total. The maximum atomic E-state index is 14.6. The minimum atomic E-state index is -3.36. The molecule has 0 bridgehead atoms. The van der Waals surface area contributed by atoms with E-state index in [-0.39, 0.29) is 12.5 Å². The summed E-state index contributed by atoms with van der Waals surface area (Å²) >= 11 is 0. The van der Waals surface area contributed by atoms with Crippen LogP contribution in [0.3, 0.4) is 0 Å². The molecule has 4 rings (SSSR count). The Labute approximate surface area is 188 Å². The van der Waals surface area contributed by atoms with E-state index in [0.29, 0.717) is 23.3 Å². The number of aromatic amines is 1. The number of nitrogens with zero attached hydrogens (tertiary/aromatic N) is 2. The van der Waals surface area contributed by atoms with Crippen LogP contribution < -0.4 is 20.9 Å². The minimum Gasteiger partial charge on any atom is -0.436 e. The zero-order valence-electron chi connectivity index (χ0n) is 17.6. The molecule has 1 aromatic carbocycles. The summed E-state index contributed by atoms with van der Waals surface area (Å²) in [5.41, 5.74) is -1.69. The fourth-order valence-electron chi connectivity index (χ4n) is 3.60. The van der Waals surface area contributed by atoms with Gasteiger partial charge in [-0.15, -0.1) is 0 Å². The number of aromatic nitrogens is 2. The molecule has 0 saturated carbocycles. The van der Waals surface area contributed by atoms with E-state index < -0.39 is 50.5 Å². The van der Waals surface area contributed by atoms with Gasteiger partial charge in [0.15, 0.2) is 0 Å². The molecule has 1 amide bonds. The number of carbonyl (C=O) groups is 1. The zero-order valence-corrected chi connectivity index (χ0v) is 18.5. The number of amides is 1. The highest BCUT2D eigenvalue weighted by Gasteiger charge is 2.52. The number of hydrogen-bond donors (Lipinski definition) is 2. The Morgan fingerprint density at radius 1 is 1.24 bits per heavy atom. The van der Waals surface area contributed by atoms with Crippen LogP contribution in [-0.4, -0.2) is 58.6 Å². The summed E-state index contributed by atoms with van der Waals surface area (Å²) in [5.74, 6) is -2.98. The summed E-state index contributed by atoms with van der Waals surface area (Å²) in [6.07, 6.45) is -2.09. The van der Waals surface area contributed by atoms with Crippen LogP contribution in [0.2, 0.25) is 0 Å². The van der Waals surface area contributed by atoms with E-state index in [2.05, 4.69) is 5.09 Å². The highest BCUT2D eigenvalue weighted by atomic mass is 31.2. The first kappa shape index (κ1) is 23.5. The molecule has 4 unspecified atom stereocenters. The number of para-hydroxylation sites is 1. The van der Waals surface area contributed by atoms with Crippen LogP contribution in [0.4, 0.5) is 8.78 Å². The molecule has 13 heteroatoms. The normalized spacial score (nSPS) is 25.4. The van der Waals surface area contributed by atoms with Gasteiger partial charge in [-0.3, -0.25) is 19.1 Å². The Kier molecular flexibility index (Phi) is 6.89. The van der Waals surface area contributed by atoms with Crippen molar-refractivity contribution in [2.75, 3.05) is 20.2 Å². The van der Waals surface area contributed by atoms with Crippen LogP contribution >= 0.6 is 8.53 Å². The minimum absolute atomic E-state index is 0.107. The van der Waals surface area contributed by atoms with Gasteiger partial charge >= 0.3 is 14.2 Å². The summed E-state index contributed by atoms with van der Waals surface area (Å²) in [7, 11) is -0.165. The Morgan fingerprint density at radius 2 is 2.00 bits per heavy atom. The third-order valence-corrected chi connectivity index (χ3v) is 6.57. The highest BCUT2D eigenvalue weighted by Crippen LogP contribution is 2.44. The maximum absolute atomic E-state index is 14.6. The van der Waals surface area contributed by atoms with Gasteiger partial charge < -0.3 is 18.7 Å². The van der Waals surface area contributed by atoms with E-state index in [1.54, 1.807) is 36.2 Å². The fraction of sp³-hybridized carbons (Fsp3) is 0.450.